The number of nitrogens with zero attached hydrogens (tertiary/aromatic N) is 3. The Morgan fingerprint density at radius 1 is 1.00 bits per heavy atom. The number of likely N-dealkylation sites (N-methyl/N-ethyl adjacent to an activating group) is 1. The first-order chi connectivity index (χ1) is 27.3. The normalized spacial score (nSPS) is 37.3. The van der Waals surface area contributed by atoms with E-state index in [9.17, 15) is 15.0 Å². The van der Waals surface area contributed by atoms with Crippen molar-refractivity contribution in [1.29, 1.82) is 0 Å². The summed E-state index contributed by atoms with van der Waals surface area (Å²) in [5.74, 6) is -2.57. The van der Waals surface area contributed by atoms with Crippen molar-refractivity contribution in [3.05, 3.63) is 70.9 Å². The Hall–Kier alpha value is -3.94. The Balaban J connectivity index is 0.00000469. The molecule has 6 heterocycles. The van der Waals surface area contributed by atoms with E-state index >= 15 is 4.79 Å². The molecule has 2 aromatic carbocycles. The summed E-state index contributed by atoms with van der Waals surface area (Å²) >= 11 is 0. The number of carbonyl (C=O) groups is 2. The van der Waals surface area contributed by atoms with Gasteiger partial charge in [0.2, 0.25) is 0 Å². The molecule has 1 aromatic heterocycles. The van der Waals surface area contributed by atoms with E-state index in [1.165, 1.54) is 14.0 Å². The number of fused-ring (bicyclic) bond motifs is 6. The Labute approximate surface area is 342 Å². The van der Waals surface area contributed by atoms with Crippen molar-refractivity contribution in [2.75, 3.05) is 66.0 Å². The number of benzene rings is 2. The second-order valence-corrected chi connectivity index (χ2v) is 17.9. The molecule has 6 aliphatic rings. The van der Waals surface area contributed by atoms with Crippen LogP contribution in [-0.2, 0) is 41.1 Å². The molecule has 9 rings (SSSR count). The van der Waals surface area contributed by atoms with Gasteiger partial charge in [-0.15, -0.1) is 0 Å². The van der Waals surface area contributed by atoms with Gasteiger partial charge in [-0.2, -0.15) is 0 Å². The first-order valence-electron chi connectivity index (χ1n) is 20.8. The van der Waals surface area contributed by atoms with Crippen molar-refractivity contribution in [1.82, 2.24) is 14.8 Å². The lowest BCUT2D eigenvalue weighted by Crippen LogP contribution is -2.79. The van der Waals surface area contributed by atoms with E-state index in [0.717, 1.165) is 59.6 Å². The maximum Gasteiger partial charge on any atom is 0.322 e. The van der Waals surface area contributed by atoms with Crippen LogP contribution < -0.4 is 9.64 Å². The zero-order chi connectivity index (χ0) is 40.3. The summed E-state index contributed by atoms with van der Waals surface area (Å²) in [5, 5.41) is 26.2. The van der Waals surface area contributed by atoms with Gasteiger partial charge < -0.3 is 39.0 Å². The number of carbonyl (C=O) groups excluding carboxylic acids is 2. The predicted octanol–water partition coefficient (Wildman–Crippen LogP) is 5.06. The monoisotopic (exact) mass is 798 g/mol. The van der Waals surface area contributed by atoms with Crippen molar-refractivity contribution in [2.24, 2.45) is 11.3 Å². The largest absolute Gasteiger partial charge is 0.496 e. The highest BCUT2D eigenvalue weighted by Gasteiger charge is 2.79. The van der Waals surface area contributed by atoms with E-state index in [4.69, 9.17) is 18.9 Å². The molecule has 3 aromatic rings. The summed E-state index contributed by atoms with van der Waals surface area (Å²) in [7, 11) is 6.64. The van der Waals surface area contributed by atoms with Crippen LogP contribution in [0.15, 0.2) is 48.6 Å². The summed E-state index contributed by atoms with van der Waals surface area (Å²) in [5.41, 5.74) is 1.55. The third-order valence-corrected chi connectivity index (χ3v) is 15.3. The van der Waals surface area contributed by atoms with Gasteiger partial charge in [0.1, 0.15) is 23.3 Å². The molecule has 2 saturated heterocycles. The standard InChI is InChI=1S/C45H58N4O8.CH4/c1-8-41(52)23-28-24-44(40(51)56-7,36-30(15-19-48(25-28)26-41)29-13-10-11-14-33(29)46-36)32-21-31-34(22-35(32)54-5)47(4)38-43(31)17-20-49-18-12-16-42(9-2,37(43)49)39(55-6)45(38,53)57-27(3)50;/h10-14,16,21-22,28,37-39,46,52-53H,8-9,15,17-20,23-26H2,1-7H3;1H4/t28-,37?,38?,39+,41-,42+,43?,44-,45+;/m0./s1. The molecule has 0 radical (unpaired) electrons. The second-order valence-electron chi connectivity index (χ2n) is 17.9. The number of hydrogen-bond acceptors (Lipinski definition) is 11. The zero-order valence-electron chi connectivity index (χ0n) is 34.4. The van der Waals surface area contributed by atoms with E-state index in [0.29, 0.717) is 56.4 Å². The molecule has 1 aliphatic carbocycles. The molecule has 2 bridgehead atoms. The van der Waals surface area contributed by atoms with Crippen molar-refractivity contribution < 1.29 is 38.7 Å². The first-order valence-corrected chi connectivity index (χ1v) is 20.8. The molecule has 0 amide bonds. The lowest BCUT2D eigenvalue weighted by molar-refractivity contribution is -0.311. The van der Waals surface area contributed by atoms with Crippen LogP contribution in [0.4, 0.5) is 5.69 Å². The number of esters is 2. The quantitative estimate of drug-likeness (QED) is 0.168. The minimum Gasteiger partial charge on any atom is -0.496 e. The van der Waals surface area contributed by atoms with E-state index in [2.05, 4.69) is 57.0 Å². The highest BCUT2D eigenvalue weighted by Crippen LogP contribution is 2.68. The number of methoxy groups -OCH3 is 3. The number of aromatic nitrogens is 1. The van der Waals surface area contributed by atoms with Crippen molar-refractivity contribution in [2.45, 2.75) is 107 Å². The maximum absolute atomic E-state index is 15.3. The van der Waals surface area contributed by atoms with Gasteiger partial charge in [-0.25, -0.2) is 0 Å². The molecule has 314 valence electrons. The van der Waals surface area contributed by atoms with Gasteiger partial charge in [-0.3, -0.25) is 19.4 Å². The second kappa shape index (κ2) is 14.1. The molecule has 3 N–H and O–H groups in total. The van der Waals surface area contributed by atoms with Crippen molar-refractivity contribution in [3.8, 4) is 5.75 Å². The lowest BCUT2D eigenvalue weighted by atomic mass is 9.50. The Bertz CT molecular complexity index is 2150. The summed E-state index contributed by atoms with van der Waals surface area (Å²) in [4.78, 5) is 39.1. The highest BCUT2D eigenvalue weighted by atomic mass is 16.7. The lowest BCUT2D eigenvalue weighted by Gasteiger charge is -2.63. The van der Waals surface area contributed by atoms with Crippen molar-refractivity contribution >= 4 is 28.5 Å². The van der Waals surface area contributed by atoms with Gasteiger partial charge in [0.05, 0.1) is 19.8 Å². The number of hydrogen-bond donors (Lipinski definition) is 3. The summed E-state index contributed by atoms with van der Waals surface area (Å²) < 4.78 is 24.8. The summed E-state index contributed by atoms with van der Waals surface area (Å²) in [6, 6.07) is 11.6. The predicted molar refractivity (Wildman–Crippen MR) is 222 cm³/mol. The number of aliphatic hydroxyl groups is 2. The molecular weight excluding hydrogens is 737 g/mol. The zero-order valence-corrected chi connectivity index (χ0v) is 34.4. The fraction of sp³-hybridized carbons (Fsp3) is 0.609. The van der Waals surface area contributed by atoms with Gasteiger partial charge in [0.25, 0.3) is 5.79 Å². The van der Waals surface area contributed by atoms with Crippen LogP contribution in [0.25, 0.3) is 10.9 Å². The number of aromatic amines is 1. The number of H-pyrrole nitrogens is 1. The number of piperidine rings is 1. The highest BCUT2D eigenvalue weighted by molar-refractivity contribution is 5.94. The Morgan fingerprint density at radius 2 is 1.78 bits per heavy atom. The van der Waals surface area contributed by atoms with Crippen LogP contribution in [0.1, 0.15) is 82.7 Å². The molecule has 4 unspecified atom stereocenters. The Kier molecular flexibility index (Phi) is 9.91. The maximum atomic E-state index is 15.3. The number of nitrogens with one attached hydrogen (secondary N) is 1. The Morgan fingerprint density at radius 3 is 2.47 bits per heavy atom. The molecule has 5 aliphatic heterocycles. The van der Waals surface area contributed by atoms with E-state index in [1.807, 2.05) is 32.2 Å². The van der Waals surface area contributed by atoms with Gasteiger partial charge in [-0.1, -0.05) is 51.6 Å². The fourth-order valence-electron chi connectivity index (χ4n) is 13.4. The molecule has 3 fully saturated rings. The van der Waals surface area contributed by atoms with Gasteiger partial charge in [-0.05, 0) is 74.2 Å². The molecule has 12 nitrogen and oxygen atoms in total. The SMILES string of the molecule is C.CC[C@]1(O)C[C@@H]2CN(CCc3c([nH]c4ccccc34)[C@@](C(=O)OC)(c3cc4c(cc3OC)N(C)C3C45CCN4CC=C[C@](CC)(C45)[C@@H](OC)[C@]3(O)OC(C)=O)C2)C1. The van der Waals surface area contributed by atoms with E-state index < -0.39 is 51.7 Å². The summed E-state index contributed by atoms with van der Waals surface area (Å²) in [6.07, 6.45) is 6.99. The average molecular weight is 799 g/mol. The summed E-state index contributed by atoms with van der Waals surface area (Å²) in [6.45, 7) is 9.06. The molecule has 58 heavy (non-hydrogen) atoms. The van der Waals surface area contributed by atoms with Crippen LogP contribution in [0.5, 0.6) is 5.75 Å². The van der Waals surface area contributed by atoms with E-state index in [1.54, 1.807) is 14.2 Å². The van der Waals surface area contributed by atoms with Crippen LogP contribution in [0.3, 0.4) is 0 Å². The average Bonchev–Trinajstić information content (AvgIpc) is 3.85. The number of anilines is 1. The number of ether oxygens (including phenoxy) is 4. The molecule has 10 atom stereocenters. The van der Waals surface area contributed by atoms with Crippen LogP contribution in [0, 0.1) is 11.3 Å². The molecular formula is C46H62N4O8. The molecule has 12 heteroatoms. The number of para-hydroxylation sites is 1. The minimum absolute atomic E-state index is 0. The van der Waals surface area contributed by atoms with Crippen molar-refractivity contribution in [3.63, 3.8) is 0 Å². The molecule has 1 saturated carbocycles. The minimum atomic E-state index is -2.04. The fourth-order valence-corrected chi connectivity index (χ4v) is 13.4. The van der Waals surface area contributed by atoms with Crippen LogP contribution in [-0.4, -0.2) is 128 Å². The van der Waals surface area contributed by atoms with Gasteiger partial charge >= 0.3 is 11.9 Å². The van der Waals surface area contributed by atoms with Gasteiger partial charge in [0, 0.05) is 98.0 Å². The topological polar surface area (TPSA) is 137 Å². The van der Waals surface area contributed by atoms with Crippen LogP contribution in [0.2, 0.25) is 0 Å². The first kappa shape index (κ1) is 40.8. The van der Waals surface area contributed by atoms with E-state index in [-0.39, 0.29) is 19.4 Å². The van der Waals surface area contributed by atoms with Gasteiger partial charge in [0.15, 0.2) is 0 Å². The van der Waals surface area contributed by atoms with Crippen LogP contribution >= 0.6 is 0 Å². The molecule has 1 spiro atoms. The number of rotatable bonds is 7. The smallest absolute Gasteiger partial charge is 0.322 e. The third-order valence-electron chi connectivity index (χ3n) is 15.3. The third kappa shape index (κ3) is 5.23.